The van der Waals surface area contributed by atoms with E-state index in [1.807, 2.05) is 30.0 Å². The molecule has 3 fully saturated rings. The highest BCUT2D eigenvalue weighted by Crippen LogP contribution is 2.34. The van der Waals surface area contributed by atoms with Gasteiger partial charge in [0.1, 0.15) is 24.4 Å². The van der Waals surface area contributed by atoms with Crippen LogP contribution in [-0.4, -0.2) is 98.0 Å². The molecule has 0 saturated carbocycles. The Morgan fingerprint density at radius 3 is 2.54 bits per heavy atom. The van der Waals surface area contributed by atoms with Crippen molar-refractivity contribution in [2.75, 3.05) is 67.6 Å². The molecule has 0 bridgehead atoms. The fourth-order valence-corrected chi connectivity index (χ4v) is 7.15. The van der Waals surface area contributed by atoms with Crippen LogP contribution in [0, 0.1) is 11.8 Å². The predicted octanol–water partition coefficient (Wildman–Crippen LogP) is 3.52. The van der Waals surface area contributed by atoms with Crippen molar-refractivity contribution in [2.24, 2.45) is 18.9 Å². The number of H-pyrrole nitrogens is 2. The van der Waals surface area contributed by atoms with Gasteiger partial charge < -0.3 is 24.8 Å². The second-order valence-electron chi connectivity index (χ2n) is 13.1. The van der Waals surface area contributed by atoms with E-state index >= 15 is 0 Å². The highest BCUT2D eigenvalue weighted by molar-refractivity contribution is 6.33. The monoisotopic (exact) mass is 745 g/mol. The topological polar surface area (TPSA) is 154 Å². The maximum Gasteiger partial charge on any atom is 0.416 e. The number of anilines is 3. The molecule has 3 aliphatic rings. The zero-order chi connectivity index (χ0) is 36.6. The Morgan fingerprint density at radius 2 is 1.85 bits per heavy atom. The number of hydrogen-bond donors (Lipinski definition) is 3. The first kappa shape index (κ1) is 35.7. The van der Waals surface area contributed by atoms with Gasteiger partial charge in [0.25, 0.3) is 5.56 Å². The number of nitrogens with zero attached hydrogens (tertiary/aromatic N) is 8. The van der Waals surface area contributed by atoms with Gasteiger partial charge in [0, 0.05) is 64.3 Å². The minimum atomic E-state index is -4.60. The van der Waals surface area contributed by atoms with Gasteiger partial charge in [0.2, 0.25) is 11.9 Å². The van der Waals surface area contributed by atoms with E-state index in [1.165, 1.54) is 0 Å². The van der Waals surface area contributed by atoms with Crippen LogP contribution < -0.4 is 20.7 Å². The van der Waals surface area contributed by atoms with Gasteiger partial charge in [-0.3, -0.25) is 29.2 Å². The van der Waals surface area contributed by atoms with Gasteiger partial charge in [-0.2, -0.15) is 18.2 Å². The van der Waals surface area contributed by atoms with Gasteiger partial charge >= 0.3 is 6.18 Å². The number of hydrogen-bond acceptors (Lipinski definition) is 10. The first-order chi connectivity index (χ1) is 25.0. The summed E-state index contributed by atoms with van der Waals surface area (Å²) in [5.41, 5.74) is 1.84. The molecule has 3 N–H and O–H groups in total. The zero-order valence-corrected chi connectivity index (χ0v) is 29.4. The molecule has 3 aliphatic heterocycles. The standard InChI is InChI=1S/C33H39ClF3N11O4/c1-3-24-30(45-8-10-47(11-9-45)52-18-27-29-26(6-7-38-27)39-19-40-29)31(50)48(15-28(49)41-25-5-4-22(12-23(25)34)33(35,36)37)43-32(44(2)42-24)46-13-20-16-51-17-21(20)14-46/h4-7,12,19-21,42H,3,8-11,13-18H2,1-2H3,(H,39,40)(H,41,49). The third-order valence-electron chi connectivity index (χ3n) is 9.63. The molecule has 3 saturated heterocycles. The number of aryl methyl sites for hydroxylation is 2. The Labute approximate surface area is 300 Å². The third kappa shape index (κ3) is 7.46. The Morgan fingerprint density at radius 1 is 1.10 bits per heavy atom. The lowest BCUT2D eigenvalue weighted by atomic mass is 10.0. The van der Waals surface area contributed by atoms with E-state index in [9.17, 15) is 22.8 Å². The van der Waals surface area contributed by atoms with E-state index in [0.29, 0.717) is 93.8 Å². The summed E-state index contributed by atoms with van der Waals surface area (Å²) in [6.07, 6.45) is -0.825. The number of carbonyl (C=O) groups excluding carboxylic acids is 1. The van der Waals surface area contributed by atoms with Crippen LogP contribution in [0.5, 0.6) is 0 Å². The number of carbonyl (C=O) groups is 1. The van der Waals surface area contributed by atoms with E-state index in [4.69, 9.17) is 26.3 Å². The number of amides is 1. The number of rotatable bonds is 9. The molecule has 4 aromatic rings. The zero-order valence-electron chi connectivity index (χ0n) is 28.6. The largest absolute Gasteiger partial charge is 0.416 e. The number of alkyl halides is 3. The van der Waals surface area contributed by atoms with Crippen LogP contribution in [0.1, 0.15) is 23.9 Å². The molecule has 2 atom stereocenters. The van der Waals surface area contributed by atoms with E-state index in [2.05, 4.69) is 30.3 Å². The van der Waals surface area contributed by atoms with Crippen LogP contribution in [0.3, 0.4) is 0 Å². The molecule has 278 valence electrons. The molecule has 1 amide bonds. The number of aromatic amines is 2. The summed E-state index contributed by atoms with van der Waals surface area (Å²) in [5.74, 6) is 0.395. The van der Waals surface area contributed by atoms with Crippen molar-refractivity contribution in [2.45, 2.75) is 32.7 Å². The predicted molar refractivity (Wildman–Crippen MR) is 186 cm³/mol. The highest BCUT2D eigenvalue weighted by Gasteiger charge is 2.39. The van der Waals surface area contributed by atoms with Crippen molar-refractivity contribution in [1.82, 2.24) is 39.6 Å². The SMILES string of the molecule is CCc1[nH]n(C)c(N2CC3COCC3C2)nn(CC(=O)Nc2ccc(C(F)(F)F)cc2Cl)c(=O)c1N1CCN(OCc2nccc3[nH]cnc23)CC1. The average Bonchev–Trinajstić information content (AvgIpc) is 3.87. The van der Waals surface area contributed by atoms with Crippen LogP contribution in [0.2, 0.25) is 5.02 Å². The number of ether oxygens (including phenoxy) is 1. The Kier molecular flexibility index (Phi) is 10.1. The van der Waals surface area contributed by atoms with Crippen LogP contribution in [0.4, 0.5) is 30.5 Å². The number of piperazine rings is 1. The lowest BCUT2D eigenvalue weighted by molar-refractivity contribution is -0.172. The summed E-state index contributed by atoms with van der Waals surface area (Å²) in [6.45, 7) is 6.05. The molecule has 7 rings (SSSR count). The fraction of sp³-hybridized carbons (Fsp3) is 0.485. The van der Waals surface area contributed by atoms with Crippen molar-refractivity contribution < 1.29 is 27.5 Å². The first-order valence-electron chi connectivity index (χ1n) is 17.0. The highest BCUT2D eigenvalue weighted by atomic mass is 35.5. The maximum absolute atomic E-state index is 14.6. The third-order valence-corrected chi connectivity index (χ3v) is 9.94. The van der Waals surface area contributed by atoms with E-state index in [1.54, 1.807) is 17.2 Å². The van der Waals surface area contributed by atoms with Gasteiger partial charge in [0.05, 0.1) is 52.7 Å². The number of aromatic nitrogens is 7. The minimum absolute atomic E-state index is 0.0191. The molecule has 52 heavy (non-hydrogen) atoms. The molecular weight excluding hydrogens is 707 g/mol. The van der Waals surface area contributed by atoms with Gasteiger partial charge in [0.15, 0.2) is 0 Å². The summed E-state index contributed by atoms with van der Waals surface area (Å²) in [6, 6.07) is 4.51. The van der Waals surface area contributed by atoms with Crippen molar-refractivity contribution in [3.8, 4) is 0 Å². The minimum Gasteiger partial charge on any atom is -0.381 e. The number of fused-ring (bicyclic) bond motifs is 2. The molecule has 0 aliphatic carbocycles. The van der Waals surface area contributed by atoms with Crippen LogP contribution in [-0.2, 0) is 47.2 Å². The van der Waals surface area contributed by atoms with Crippen LogP contribution >= 0.6 is 11.6 Å². The first-order valence-corrected chi connectivity index (χ1v) is 17.4. The molecule has 3 aromatic heterocycles. The normalized spacial score (nSPS) is 19.3. The molecule has 15 nitrogen and oxygen atoms in total. The number of nitrogens with one attached hydrogen (secondary N) is 3. The molecule has 19 heteroatoms. The maximum atomic E-state index is 14.6. The van der Waals surface area contributed by atoms with Gasteiger partial charge in [-0.05, 0) is 30.7 Å². The molecule has 0 spiro atoms. The van der Waals surface area contributed by atoms with Crippen molar-refractivity contribution >= 4 is 45.9 Å². The Bertz CT molecular complexity index is 2040. The Balaban J connectivity index is 1.17. The van der Waals surface area contributed by atoms with Crippen molar-refractivity contribution in [1.29, 1.82) is 0 Å². The molecule has 1 aromatic carbocycles. The van der Waals surface area contributed by atoms with Gasteiger partial charge in [-0.1, -0.05) is 18.5 Å². The average molecular weight is 746 g/mol. The number of pyridine rings is 1. The molecular formula is C33H39ClF3N11O4. The Hall–Kier alpha value is -4.65. The molecule has 0 radical (unpaired) electrons. The number of benzene rings is 1. The lowest BCUT2D eigenvalue weighted by Crippen LogP contribution is -2.49. The number of imidazole rings is 1. The van der Waals surface area contributed by atoms with Gasteiger partial charge in [-0.15, -0.1) is 5.10 Å². The number of hydroxylamine groups is 2. The quantitative estimate of drug-likeness (QED) is 0.232. The van der Waals surface area contributed by atoms with Crippen LogP contribution in [0.15, 0.2) is 41.6 Å². The van der Waals surface area contributed by atoms with Crippen molar-refractivity contribution in [3.63, 3.8) is 0 Å². The lowest BCUT2D eigenvalue weighted by Gasteiger charge is -2.35. The molecule has 2 unspecified atom stereocenters. The number of halogens is 4. The van der Waals surface area contributed by atoms with Crippen molar-refractivity contribution in [3.05, 3.63) is 69.1 Å². The van der Waals surface area contributed by atoms with Crippen LogP contribution in [0.25, 0.3) is 11.0 Å². The van der Waals surface area contributed by atoms with E-state index in [0.717, 1.165) is 33.9 Å². The summed E-state index contributed by atoms with van der Waals surface area (Å²) >= 11 is 6.13. The second-order valence-corrected chi connectivity index (χ2v) is 13.5. The second kappa shape index (κ2) is 14.8. The smallest absolute Gasteiger partial charge is 0.381 e. The summed E-state index contributed by atoms with van der Waals surface area (Å²) in [7, 11) is 1.81. The van der Waals surface area contributed by atoms with E-state index < -0.39 is 29.8 Å². The summed E-state index contributed by atoms with van der Waals surface area (Å²) < 4.78 is 48.2. The van der Waals surface area contributed by atoms with E-state index in [-0.39, 0.29) is 17.3 Å². The fourth-order valence-electron chi connectivity index (χ4n) is 6.92. The molecule has 6 heterocycles. The van der Waals surface area contributed by atoms with Gasteiger partial charge in [-0.25, -0.2) is 9.67 Å². The summed E-state index contributed by atoms with van der Waals surface area (Å²) in [4.78, 5) is 50.0. The summed E-state index contributed by atoms with van der Waals surface area (Å²) in [5, 5.41) is 12.3.